The second-order valence-electron chi connectivity index (χ2n) is 3.76. The number of rotatable bonds is 3. The van der Waals surface area contributed by atoms with Crippen molar-refractivity contribution in [2.45, 2.75) is 26.1 Å². The Hall–Kier alpha value is -1.52. The normalized spacial score (nSPS) is 15.0. The summed E-state index contributed by atoms with van der Waals surface area (Å²) in [5.74, 6) is 1.01. The highest BCUT2D eigenvalue weighted by Gasteiger charge is 2.23. The van der Waals surface area contributed by atoms with Crippen molar-refractivity contribution in [3.05, 3.63) is 35.8 Å². The zero-order valence-electron chi connectivity index (χ0n) is 9.18. The molecule has 0 aromatic carbocycles. The maximum atomic E-state index is 9.71. The highest BCUT2D eigenvalue weighted by atomic mass is 16.4. The highest BCUT2D eigenvalue weighted by Crippen LogP contribution is 2.35. The summed E-state index contributed by atoms with van der Waals surface area (Å²) in [6.07, 6.45) is 1.58. The maximum Gasteiger partial charge on any atom is 0.175 e. The summed E-state index contributed by atoms with van der Waals surface area (Å²) in [7, 11) is 0. The third-order valence-corrected chi connectivity index (χ3v) is 2.47. The highest BCUT2D eigenvalue weighted by molar-refractivity contribution is 5.58. The number of aliphatic hydroxyl groups is 2. The lowest BCUT2D eigenvalue weighted by molar-refractivity contribution is 0.176. The molecule has 0 radical (unpaired) electrons. The van der Waals surface area contributed by atoms with Gasteiger partial charge in [-0.1, -0.05) is 0 Å². The first-order chi connectivity index (χ1) is 7.61. The number of hydrogen-bond donors (Lipinski definition) is 2. The first-order valence-corrected chi connectivity index (χ1v) is 5.12. The summed E-state index contributed by atoms with van der Waals surface area (Å²) >= 11 is 0. The summed E-state index contributed by atoms with van der Waals surface area (Å²) in [4.78, 5) is 0. The van der Waals surface area contributed by atoms with Crippen molar-refractivity contribution in [1.29, 1.82) is 0 Å². The zero-order chi connectivity index (χ0) is 11.7. The molecule has 2 unspecified atom stereocenters. The molecule has 0 bridgehead atoms. The van der Waals surface area contributed by atoms with Gasteiger partial charge in [0.25, 0.3) is 0 Å². The van der Waals surface area contributed by atoms with Crippen LogP contribution in [0.2, 0.25) is 0 Å². The molecule has 4 nitrogen and oxygen atoms in total. The number of furan rings is 2. The molecule has 0 fully saturated rings. The topological polar surface area (TPSA) is 66.7 Å². The number of aliphatic hydroxyl groups excluding tert-OH is 2. The van der Waals surface area contributed by atoms with Crippen LogP contribution < -0.4 is 0 Å². The zero-order valence-corrected chi connectivity index (χ0v) is 9.18. The van der Waals surface area contributed by atoms with Gasteiger partial charge in [-0.25, -0.2) is 0 Å². The average molecular weight is 222 g/mol. The minimum absolute atomic E-state index is 0.468. The molecule has 4 heteroatoms. The predicted octanol–water partition coefficient (Wildman–Crippen LogP) is 2.65. The summed E-state index contributed by atoms with van der Waals surface area (Å²) in [5, 5.41) is 19.3. The molecule has 2 aromatic rings. The van der Waals surface area contributed by atoms with Crippen LogP contribution in [0.4, 0.5) is 0 Å². The fraction of sp³-hybridized carbons (Fsp3) is 0.333. The Morgan fingerprint density at radius 3 is 2.38 bits per heavy atom. The molecule has 86 valence electrons. The monoisotopic (exact) mass is 222 g/mol. The Balaban J connectivity index is 2.55. The maximum absolute atomic E-state index is 9.71. The van der Waals surface area contributed by atoms with Crippen molar-refractivity contribution in [2.75, 3.05) is 0 Å². The van der Waals surface area contributed by atoms with Gasteiger partial charge in [-0.3, -0.25) is 0 Å². The van der Waals surface area contributed by atoms with Gasteiger partial charge in [-0.2, -0.15) is 0 Å². The fourth-order valence-electron chi connectivity index (χ4n) is 1.73. The second-order valence-corrected chi connectivity index (χ2v) is 3.76. The molecular weight excluding hydrogens is 208 g/mol. The van der Waals surface area contributed by atoms with E-state index in [9.17, 15) is 10.2 Å². The van der Waals surface area contributed by atoms with Gasteiger partial charge in [-0.05, 0) is 26.0 Å². The van der Waals surface area contributed by atoms with Crippen molar-refractivity contribution in [2.24, 2.45) is 0 Å². The predicted molar refractivity (Wildman–Crippen MR) is 57.7 cm³/mol. The third-order valence-electron chi connectivity index (χ3n) is 2.47. The first-order valence-electron chi connectivity index (χ1n) is 5.12. The molecule has 16 heavy (non-hydrogen) atoms. The Kier molecular flexibility index (Phi) is 2.85. The summed E-state index contributed by atoms with van der Waals surface area (Å²) in [6.45, 7) is 3.26. The van der Waals surface area contributed by atoms with E-state index < -0.39 is 12.2 Å². The van der Waals surface area contributed by atoms with Crippen LogP contribution in [0.15, 0.2) is 33.5 Å². The molecule has 0 saturated carbocycles. The van der Waals surface area contributed by atoms with Gasteiger partial charge in [0, 0.05) is 11.1 Å². The molecule has 2 rings (SSSR count). The molecule has 0 aliphatic carbocycles. The van der Waals surface area contributed by atoms with E-state index >= 15 is 0 Å². The Morgan fingerprint density at radius 1 is 1.12 bits per heavy atom. The second kappa shape index (κ2) is 4.15. The molecule has 0 aliphatic rings. The average Bonchev–Trinajstić information content (AvgIpc) is 2.85. The van der Waals surface area contributed by atoms with E-state index in [2.05, 4.69) is 0 Å². The quantitative estimate of drug-likeness (QED) is 0.837. The van der Waals surface area contributed by atoms with Gasteiger partial charge < -0.3 is 19.0 Å². The van der Waals surface area contributed by atoms with Crippen molar-refractivity contribution in [1.82, 2.24) is 0 Å². The van der Waals surface area contributed by atoms with E-state index in [0.29, 0.717) is 22.6 Å². The lowest BCUT2D eigenvalue weighted by Crippen LogP contribution is -1.99. The molecule has 2 N–H and O–H groups in total. The fourth-order valence-corrected chi connectivity index (χ4v) is 1.73. The van der Waals surface area contributed by atoms with Crippen molar-refractivity contribution in [3.63, 3.8) is 0 Å². The van der Waals surface area contributed by atoms with Gasteiger partial charge >= 0.3 is 0 Å². The first kappa shape index (κ1) is 11.0. The molecule has 2 atom stereocenters. The van der Waals surface area contributed by atoms with Crippen LogP contribution in [-0.2, 0) is 0 Å². The molecule has 0 saturated heterocycles. The van der Waals surface area contributed by atoms with Gasteiger partial charge in [0.2, 0.25) is 0 Å². The summed E-state index contributed by atoms with van der Waals surface area (Å²) in [6, 6.07) is 3.49. The van der Waals surface area contributed by atoms with E-state index in [4.69, 9.17) is 8.83 Å². The van der Waals surface area contributed by atoms with Crippen LogP contribution in [0.25, 0.3) is 11.5 Å². The third kappa shape index (κ3) is 1.77. The van der Waals surface area contributed by atoms with E-state index in [0.717, 1.165) is 0 Å². The summed E-state index contributed by atoms with van der Waals surface area (Å²) in [5.41, 5.74) is 1.16. The Morgan fingerprint density at radius 2 is 1.88 bits per heavy atom. The van der Waals surface area contributed by atoms with Gasteiger partial charge in [-0.15, -0.1) is 0 Å². The smallest absolute Gasteiger partial charge is 0.175 e. The largest absolute Gasteiger partial charge is 0.461 e. The van der Waals surface area contributed by atoms with E-state index in [1.54, 1.807) is 26.0 Å². The van der Waals surface area contributed by atoms with Crippen LogP contribution in [-0.4, -0.2) is 10.2 Å². The van der Waals surface area contributed by atoms with E-state index in [1.165, 1.54) is 12.5 Å². The van der Waals surface area contributed by atoms with Crippen LogP contribution in [0.1, 0.15) is 37.2 Å². The Bertz CT molecular complexity index is 451. The van der Waals surface area contributed by atoms with E-state index in [-0.39, 0.29) is 0 Å². The molecule has 0 spiro atoms. The number of hydrogen-bond acceptors (Lipinski definition) is 4. The van der Waals surface area contributed by atoms with Crippen molar-refractivity contribution in [3.8, 4) is 11.5 Å². The minimum atomic E-state index is -0.719. The lowest BCUT2D eigenvalue weighted by atomic mass is 10.0. The van der Waals surface area contributed by atoms with Gasteiger partial charge in [0.1, 0.15) is 0 Å². The van der Waals surface area contributed by atoms with Gasteiger partial charge in [0.15, 0.2) is 11.5 Å². The Labute approximate surface area is 93.1 Å². The van der Waals surface area contributed by atoms with Crippen LogP contribution in [0.3, 0.4) is 0 Å². The standard InChI is InChI=1S/C12H14O4/c1-7(13)9-6-16-12(11(9)8(2)14)10-4-3-5-15-10/h3-8,13-14H,1-2H3. The van der Waals surface area contributed by atoms with Crippen molar-refractivity contribution < 1.29 is 19.0 Å². The van der Waals surface area contributed by atoms with Crippen LogP contribution >= 0.6 is 0 Å². The summed E-state index contributed by atoms with van der Waals surface area (Å²) < 4.78 is 10.6. The van der Waals surface area contributed by atoms with Crippen LogP contribution in [0, 0.1) is 0 Å². The minimum Gasteiger partial charge on any atom is -0.461 e. The molecule has 0 aliphatic heterocycles. The molecule has 2 heterocycles. The van der Waals surface area contributed by atoms with Crippen molar-refractivity contribution >= 4 is 0 Å². The molecule has 0 amide bonds. The molecular formula is C12H14O4. The van der Waals surface area contributed by atoms with Crippen LogP contribution in [0.5, 0.6) is 0 Å². The van der Waals surface area contributed by atoms with E-state index in [1.807, 2.05) is 0 Å². The van der Waals surface area contributed by atoms with Gasteiger partial charge in [0.05, 0.1) is 24.7 Å². The lowest BCUT2D eigenvalue weighted by Gasteiger charge is -2.09. The molecule has 2 aromatic heterocycles. The SMILES string of the molecule is CC(O)c1coc(-c2ccco2)c1C(C)O.